The van der Waals surface area contributed by atoms with Crippen molar-refractivity contribution in [3.05, 3.63) is 258 Å². The Hall–Kier alpha value is -7.69. The van der Waals surface area contributed by atoms with Crippen LogP contribution in [0.25, 0.3) is 54.7 Å². The zero-order valence-electron chi connectivity index (χ0n) is 44.4. The number of fused-ring (bicyclic) bond motifs is 4. The van der Waals surface area contributed by atoms with Gasteiger partial charge in [0.1, 0.15) is 11.3 Å². The minimum Gasteiger partial charge on any atom is -0.506 e. The second kappa shape index (κ2) is 30.2. The van der Waals surface area contributed by atoms with E-state index in [2.05, 4.69) is 56.3 Å². The minimum atomic E-state index is -1.39. The predicted molar refractivity (Wildman–Crippen MR) is 318 cm³/mol. The van der Waals surface area contributed by atoms with Crippen LogP contribution in [0.2, 0.25) is 5.02 Å². The summed E-state index contributed by atoms with van der Waals surface area (Å²) < 4.78 is 34.9. The number of nitriles is 1. The minimum absolute atomic E-state index is 0. The van der Waals surface area contributed by atoms with Gasteiger partial charge >= 0.3 is 434 Å². The Balaban J connectivity index is 0.000000146. The maximum Gasteiger partial charge on any atom is 0.141 e. The summed E-state index contributed by atoms with van der Waals surface area (Å²) in [5.74, 6) is 4.93. The van der Waals surface area contributed by atoms with E-state index in [1.165, 1.54) is 11.1 Å². The number of hydrogen-bond donors (Lipinski definition) is 1. The topological polar surface area (TPSA) is 151 Å². The molecule has 0 saturated carbocycles. The average molecular weight is 1310 g/mol. The van der Waals surface area contributed by atoms with Gasteiger partial charge in [-0.3, -0.25) is 4.98 Å². The van der Waals surface area contributed by atoms with Crippen molar-refractivity contribution in [2.75, 3.05) is 0 Å². The number of hydrogen-bond acceptors (Lipinski definition) is 12. The molecule has 0 saturated heterocycles. The van der Waals surface area contributed by atoms with E-state index < -0.39 is 54.4 Å². The number of para-hydroxylation sites is 4. The molecule has 12 nitrogen and oxygen atoms in total. The van der Waals surface area contributed by atoms with Gasteiger partial charge in [0.05, 0.1) is 0 Å². The molecule has 0 bridgehead atoms. The van der Waals surface area contributed by atoms with Crippen LogP contribution in [0.3, 0.4) is 0 Å². The van der Waals surface area contributed by atoms with Crippen molar-refractivity contribution in [3.8, 4) is 57.4 Å². The summed E-state index contributed by atoms with van der Waals surface area (Å²) in [7, 11) is 0. The number of pyridine rings is 4. The molecule has 1 N–H and O–H groups in total. The summed E-state index contributed by atoms with van der Waals surface area (Å²) >= 11 is 1.74. The number of nitrogens with zero attached hydrogens (tertiary/aromatic N) is 5. The third-order valence-corrected chi connectivity index (χ3v) is 16.7. The van der Waals surface area contributed by atoms with Crippen LogP contribution in [0.1, 0.15) is 22.6 Å². The molecule has 12 aromatic rings. The van der Waals surface area contributed by atoms with Gasteiger partial charge in [0.25, 0.3) is 0 Å². The molecule has 0 aliphatic carbocycles. The molecule has 12 rings (SSSR count). The fraction of sp³-hybridized carbons (Fsp3) is 0.0469. The van der Waals surface area contributed by atoms with Crippen LogP contribution < -0.4 is 21.2 Å². The largest absolute Gasteiger partial charge is 0.506 e. The summed E-state index contributed by atoms with van der Waals surface area (Å²) in [5.41, 5.74) is 9.21. The average Bonchev–Trinajstić information content (AvgIpc) is 3.50. The van der Waals surface area contributed by atoms with Gasteiger partial charge < -0.3 is 5.11 Å². The number of aromatic hydroxyl groups is 1. The van der Waals surface area contributed by atoms with Crippen LogP contribution in [0, 0.1) is 32.1 Å². The summed E-state index contributed by atoms with van der Waals surface area (Å²) in [6.45, 7) is 5.92. The molecule has 0 aliphatic rings. The Bertz CT molecular complexity index is 4030. The molecular formula is C64H48ClGa3N5O7Zn. The monoisotopic (exact) mass is 1300 g/mol. The second-order valence-corrected chi connectivity index (χ2v) is 22.3. The number of rotatable bonds is 13. The molecule has 0 amide bonds. The van der Waals surface area contributed by atoms with Crippen LogP contribution in [-0.4, -0.2) is 79.5 Å². The maximum atomic E-state index is 9.31. The first-order chi connectivity index (χ1) is 39.1. The fourth-order valence-corrected chi connectivity index (χ4v) is 11.9. The van der Waals surface area contributed by atoms with Crippen molar-refractivity contribution in [2.24, 2.45) is 0 Å². The smallest absolute Gasteiger partial charge is 0.141 e. The van der Waals surface area contributed by atoms with Gasteiger partial charge in [0, 0.05) is 31.1 Å². The van der Waals surface area contributed by atoms with Crippen LogP contribution in [0.15, 0.2) is 231 Å². The Morgan fingerprint density at radius 3 is 1.21 bits per heavy atom. The predicted octanol–water partition coefficient (Wildman–Crippen LogP) is 14.7. The molecule has 0 aliphatic heterocycles. The maximum absolute atomic E-state index is 9.31. The number of phenols is 1. The van der Waals surface area contributed by atoms with Crippen molar-refractivity contribution < 1.29 is 45.8 Å². The molecule has 0 spiro atoms. The number of halogens is 1. The van der Waals surface area contributed by atoms with Crippen LogP contribution in [0.4, 0.5) is 0 Å². The summed E-state index contributed by atoms with van der Waals surface area (Å²) in [6, 6.07) is 73.9. The van der Waals surface area contributed by atoms with Gasteiger partial charge in [-0.15, -0.1) is 0 Å². The first-order valence-electron chi connectivity index (χ1n) is 25.1. The molecular weight excluding hydrogens is 1260 g/mol. The van der Waals surface area contributed by atoms with Gasteiger partial charge in [-0.25, -0.2) is 0 Å². The SMILES string of the molecule is Cc1ccc2cccc([O][Ga][O]c3ccc(-c4ccccc4)cc3)c2n1.Cc1ccc2cccc([O][Ga][O]c3ccc(C#N)cc3)c2n1.Cc1ccc2cccc([O][Ga][O]c3ccc(Cl)cc3)c2n1.Oc1cccc2cccnc12.[Zn]. The molecule has 8 aromatic carbocycles. The van der Waals surface area contributed by atoms with E-state index in [0.717, 1.165) is 89.7 Å². The zero-order valence-corrected chi connectivity index (χ0v) is 55.4. The third-order valence-electron chi connectivity index (χ3n) is 11.9. The van der Waals surface area contributed by atoms with Crippen molar-refractivity contribution in [3.63, 3.8) is 0 Å². The Kier molecular flexibility index (Phi) is 22.2. The van der Waals surface area contributed by atoms with Gasteiger partial charge in [-0.1, -0.05) is 18.2 Å². The first-order valence-corrected chi connectivity index (χ1v) is 31.4. The number of phenolic OH excluding ortho intramolecular Hbond substituents is 1. The molecule has 0 atom stereocenters. The molecule has 0 unspecified atom stereocenters. The number of benzene rings is 8. The molecule has 3 radical (unpaired) electrons. The Morgan fingerprint density at radius 1 is 0.395 bits per heavy atom. The van der Waals surface area contributed by atoms with E-state index >= 15 is 0 Å². The van der Waals surface area contributed by atoms with Gasteiger partial charge in [0.15, 0.2) is 0 Å². The summed E-state index contributed by atoms with van der Waals surface area (Å²) in [4.78, 5) is 17.7. The van der Waals surface area contributed by atoms with Crippen molar-refractivity contribution in [2.45, 2.75) is 20.8 Å². The van der Waals surface area contributed by atoms with Crippen molar-refractivity contribution in [1.82, 2.24) is 19.9 Å². The summed E-state index contributed by atoms with van der Waals surface area (Å²) in [5, 5.41) is 22.9. The number of aromatic nitrogens is 4. The van der Waals surface area contributed by atoms with Crippen molar-refractivity contribution in [1.29, 1.82) is 5.26 Å². The quantitative estimate of drug-likeness (QED) is 0.109. The third kappa shape index (κ3) is 17.2. The fourth-order valence-electron chi connectivity index (χ4n) is 7.90. The zero-order chi connectivity index (χ0) is 55.5. The number of aryl methyl sites for hydroxylation is 3. The van der Waals surface area contributed by atoms with E-state index in [0.29, 0.717) is 16.1 Å². The van der Waals surface area contributed by atoms with Gasteiger partial charge in [-0.2, -0.15) is 0 Å². The van der Waals surface area contributed by atoms with E-state index in [9.17, 15) is 5.11 Å². The summed E-state index contributed by atoms with van der Waals surface area (Å²) in [6.07, 6.45) is 1.67. The molecule has 4 aromatic heterocycles. The van der Waals surface area contributed by atoms with E-state index in [-0.39, 0.29) is 25.2 Å². The second-order valence-electron chi connectivity index (χ2n) is 17.7. The Labute approximate surface area is 512 Å². The van der Waals surface area contributed by atoms with E-state index in [1.54, 1.807) is 54.7 Å². The van der Waals surface area contributed by atoms with Crippen LogP contribution in [-0.2, 0) is 19.5 Å². The van der Waals surface area contributed by atoms with E-state index in [1.807, 2.05) is 166 Å². The standard InChI is InChI=1S/C12H10O.3C10H9NO.C9H7NO.C7H5NO.C6H5ClO.3Ga.Zn/c13-12-8-6-11(7-9-12)10-4-2-1-3-5-10;3*1-7-5-6-8-3-2-4-9(12)10(8)11-7;11-8-5-1-3-7-4-2-6-10-9(7)8;8-5-6-1-3-7(9)4-2-6;7-5-1-3-6(8)4-2-5;;;;/h1-9,13H;3*2-6,12H,1H3;1-6,11H;1-4,9H;1-4,8H;;;;/q;;;;;;;3*+2;/p-6. The molecule has 17 heteroatoms. The molecule has 4 heterocycles. The molecule has 0 fully saturated rings. The Morgan fingerprint density at radius 2 is 0.778 bits per heavy atom. The normalized spacial score (nSPS) is 10.2. The first kappa shape index (κ1) is 59.4. The molecule has 389 valence electrons. The van der Waals surface area contributed by atoms with Crippen molar-refractivity contribution >= 4 is 110 Å². The van der Waals surface area contributed by atoms with E-state index in [4.69, 9.17) is 38.0 Å². The van der Waals surface area contributed by atoms with Crippen LogP contribution in [0.5, 0.6) is 40.2 Å². The van der Waals surface area contributed by atoms with Gasteiger partial charge in [-0.05, 0) is 12.1 Å². The van der Waals surface area contributed by atoms with Crippen LogP contribution >= 0.6 is 11.6 Å². The van der Waals surface area contributed by atoms with Gasteiger partial charge in [0.2, 0.25) is 0 Å². The molecule has 81 heavy (non-hydrogen) atoms.